The number of ether oxygens (including phenoxy) is 1. The number of morpholine rings is 1. The fourth-order valence-electron chi connectivity index (χ4n) is 4.84. The number of hydrogen-bond donors (Lipinski definition) is 1. The first kappa shape index (κ1) is 21.5. The fourth-order valence-corrected chi connectivity index (χ4v) is 4.84. The lowest BCUT2D eigenvalue weighted by Gasteiger charge is -2.34. The largest absolute Gasteiger partial charge is 0.378 e. The molecule has 0 bridgehead atoms. The number of nitrogens with one attached hydrogen (secondary N) is 1. The molecule has 2 heterocycles. The smallest absolute Gasteiger partial charge is 0.250 e. The van der Waals surface area contributed by atoms with Crippen LogP contribution in [0, 0.1) is 0 Å². The van der Waals surface area contributed by atoms with E-state index in [4.69, 9.17) is 4.74 Å². The number of carbonyl (C=O) groups is 2. The second kappa shape index (κ2) is 8.87. The van der Waals surface area contributed by atoms with Crippen molar-refractivity contribution >= 4 is 34.0 Å². The second-order valence-corrected chi connectivity index (χ2v) is 8.99. The molecule has 2 saturated heterocycles. The highest BCUT2D eigenvalue weighted by Gasteiger charge is 2.47. The Balaban J connectivity index is 1.33. The van der Waals surface area contributed by atoms with Gasteiger partial charge < -0.3 is 19.9 Å². The van der Waals surface area contributed by atoms with E-state index >= 15 is 0 Å². The first-order valence-electron chi connectivity index (χ1n) is 11.6. The van der Waals surface area contributed by atoms with Gasteiger partial charge in [0.2, 0.25) is 11.8 Å². The lowest BCUT2D eigenvalue weighted by molar-refractivity contribution is -0.138. The van der Waals surface area contributed by atoms with Gasteiger partial charge >= 0.3 is 0 Å². The van der Waals surface area contributed by atoms with Crippen LogP contribution in [-0.2, 0) is 20.9 Å². The molecule has 0 spiro atoms. The van der Waals surface area contributed by atoms with Gasteiger partial charge in [0.05, 0.1) is 13.2 Å². The van der Waals surface area contributed by atoms with Crippen molar-refractivity contribution in [1.29, 1.82) is 0 Å². The highest BCUT2D eigenvalue weighted by molar-refractivity contribution is 6.02. The van der Waals surface area contributed by atoms with Gasteiger partial charge in [-0.3, -0.25) is 9.59 Å². The van der Waals surface area contributed by atoms with Gasteiger partial charge in [-0.15, -0.1) is 0 Å². The molecule has 2 aliphatic heterocycles. The third-order valence-electron chi connectivity index (χ3n) is 6.92. The molecule has 0 radical (unpaired) electrons. The summed E-state index contributed by atoms with van der Waals surface area (Å²) in [7, 11) is 0. The first-order chi connectivity index (χ1) is 16.0. The Hall–Kier alpha value is -3.38. The SMILES string of the molecule is CC1(C(=O)Nc2ccc(N3CCOCC3)cc2)CCC(=O)N1Cc1cccc2ccccc12. The molecule has 2 amide bonds. The van der Waals surface area contributed by atoms with E-state index in [1.54, 1.807) is 4.90 Å². The van der Waals surface area contributed by atoms with E-state index in [9.17, 15) is 9.59 Å². The van der Waals surface area contributed by atoms with E-state index in [0.29, 0.717) is 19.4 Å². The highest BCUT2D eigenvalue weighted by Crippen LogP contribution is 2.34. The average molecular weight is 444 g/mol. The molecule has 3 aromatic rings. The van der Waals surface area contributed by atoms with E-state index in [-0.39, 0.29) is 11.8 Å². The van der Waals surface area contributed by atoms with Crippen LogP contribution in [-0.4, -0.2) is 48.6 Å². The third kappa shape index (κ3) is 4.18. The van der Waals surface area contributed by atoms with Gasteiger partial charge in [0, 0.05) is 37.4 Å². The molecule has 6 heteroatoms. The molecule has 1 unspecified atom stereocenters. The zero-order valence-electron chi connectivity index (χ0n) is 18.9. The van der Waals surface area contributed by atoms with Crippen molar-refractivity contribution in [2.45, 2.75) is 31.8 Å². The number of fused-ring (bicyclic) bond motifs is 1. The molecule has 170 valence electrons. The minimum atomic E-state index is -0.892. The van der Waals surface area contributed by atoms with Gasteiger partial charge in [-0.2, -0.15) is 0 Å². The van der Waals surface area contributed by atoms with Crippen molar-refractivity contribution in [3.63, 3.8) is 0 Å². The van der Waals surface area contributed by atoms with Crippen LogP contribution in [0.3, 0.4) is 0 Å². The number of benzene rings is 3. The summed E-state index contributed by atoms with van der Waals surface area (Å²) < 4.78 is 5.42. The monoisotopic (exact) mass is 443 g/mol. The Morgan fingerprint density at radius 2 is 1.73 bits per heavy atom. The number of likely N-dealkylation sites (tertiary alicyclic amines) is 1. The fraction of sp³-hybridized carbons (Fsp3) is 0.333. The molecule has 0 aliphatic carbocycles. The van der Waals surface area contributed by atoms with Gasteiger partial charge in [-0.05, 0) is 53.9 Å². The Bertz CT molecular complexity index is 1170. The molecular formula is C27H29N3O3. The summed E-state index contributed by atoms with van der Waals surface area (Å²) in [5, 5.41) is 5.30. The van der Waals surface area contributed by atoms with Crippen molar-refractivity contribution in [3.8, 4) is 0 Å². The number of carbonyl (C=O) groups excluding carboxylic acids is 2. The minimum Gasteiger partial charge on any atom is -0.378 e. The summed E-state index contributed by atoms with van der Waals surface area (Å²) in [4.78, 5) is 30.3. The van der Waals surface area contributed by atoms with Gasteiger partial charge in [-0.25, -0.2) is 0 Å². The molecule has 1 atom stereocenters. The van der Waals surface area contributed by atoms with Crippen LogP contribution in [0.15, 0.2) is 66.7 Å². The molecule has 5 rings (SSSR count). The van der Waals surface area contributed by atoms with Crippen LogP contribution >= 0.6 is 0 Å². The Morgan fingerprint density at radius 3 is 2.52 bits per heavy atom. The Kier molecular flexibility index (Phi) is 5.77. The number of rotatable bonds is 5. The molecular weight excluding hydrogens is 414 g/mol. The number of anilines is 2. The van der Waals surface area contributed by atoms with Gasteiger partial charge in [0.1, 0.15) is 5.54 Å². The summed E-state index contributed by atoms with van der Waals surface area (Å²) in [6, 6.07) is 22.2. The molecule has 33 heavy (non-hydrogen) atoms. The third-order valence-corrected chi connectivity index (χ3v) is 6.92. The predicted molar refractivity (Wildman–Crippen MR) is 130 cm³/mol. The van der Waals surface area contributed by atoms with Crippen LogP contribution in [0.2, 0.25) is 0 Å². The van der Waals surface area contributed by atoms with Gasteiger partial charge in [0.15, 0.2) is 0 Å². The maximum absolute atomic E-state index is 13.4. The van der Waals surface area contributed by atoms with E-state index in [1.807, 2.05) is 55.5 Å². The van der Waals surface area contributed by atoms with Gasteiger partial charge in [-0.1, -0.05) is 42.5 Å². The van der Waals surface area contributed by atoms with Crippen LogP contribution in [0.4, 0.5) is 11.4 Å². The van der Waals surface area contributed by atoms with E-state index in [0.717, 1.165) is 54.0 Å². The summed E-state index contributed by atoms with van der Waals surface area (Å²) in [5.74, 6) is -0.129. The van der Waals surface area contributed by atoms with E-state index in [2.05, 4.69) is 28.4 Å². The maximum Gasteiger partial charge on any atom is 0.250 e. The van der Waals surface area contributed by atoms with Crippen LogP contribution in [0.25, 0.3) is 10.8 Å². The molecule has 0 aromatic heterocycles. The van der Waals surface area contributed by atoms with Crippen molar-refractivity contribution in [3.05, 3.63) is 72.3 Å². The topological polar surface area (TPSA) is 61.9 Å². The Morgan fingerprint density at radius 1 is 1.00 bits per heavy atom. The molecule has 6 nitrogen and oxygen atoms in total. The number of amides is 2. The predicted octanol–water partition coefficient (Wildman–Crippen LogP) is 4.20. The summed E-state index contributed by atoms with van der Waals surface area (Å²) in [5.41, 5.74) is 2.02. The number of nitrogens with zero attached hydrogens (tertiary/aromatic N) is 2. The van der Waals surface area contributed by atoms with E-state index in [1.165, 1.54) is 0 Å². The lowest BCUT2D eigenvalue weighted by Crippen LogP contribution is -2.51. The highest BCUT2D eigenvalue weighted by atomic mass is 16.5. The summed E-state index contributed by atoms with van der Waals surface area (Å²) >= 11 is 0. The Labute approximate surface area is 194 Å². The lowest BCUT2D eigenvalue weighted by atomic mass is 9.96. The average Bonchev–Trinajstić information content (AvgIpc) is 3.15. The van der Waals surface area contributed by atoms with Crippen molar-refractivity contribution < 1.29 is 14.3 Å². The maximum atomic E-state index is 13.4. The first-order valence-corrected chi connectivity index (χ1v) is 11.6. The summed E-state index contributed by atoms with van der Waals surface area (Å²) in [6.07, 6.45) is 0.888. The second-order valence-electron chi connectivity index (χ2n) is 8.99. The molecule has 3 aromatic carbocycles. The minimum absolute atomic E-state index is 0.0169. The number of hydrogen-bond acceptors (Lipinski definition) is 4. The van der Waals surface area contributed by atoms with Crippen molar-refractivity contribution in [2.24, 2.45) is 0 Å². The molecule has 2 aliphatic rings. The quantitative estimate of drug-likeness (QED) is 0.642. The zero-order valence-corrected chi connectivity index (χ0v) is 18.9. The van der Waals surface area contributed by atoms with Crippen molar-refractivity contribution in [1.82, 2.24) is 4.90 Å². The normalized spacial score (nSPS) is 20.9. The molecule has 2 fully saturated rings. The van der Waals surface area contributed by atoms with Crippen molar-refractivity contribution in [2.75, 3.05) is 36.5 Å². The molecule has 0 saturated carbocycles. The van der Waals surface area contributed by atoms with Crippen LogP contribution in [0.5, 0.6) is 0 Å². The van der Waals surface area contributed by atoms with Gasteiger partial charge in [0.25, 0.3) is 0 Å². The summed E-state index contributed by atoms with van der Waals surface area (Å²) in [6.45, 7) is 5.50. The van der Waals surface area contributed by atoms with E-state index < -0.39 is 5.54 Å². The molecule has 1 N–H and O–H groups in total. The van der Waals surface area contributed by atoms with Crippen LogP contribution in [0.1, 0.15) is 25.3 Å². The van der Waals surface area contributed by atoms with Crippen LogP contribution < -0.4 is 10.2 Å². The zero-order chi connectivity index (χ0) is 22.8. The standard InChI is InChI=1S/C27H29N3O3/c1-27(26(32)28-22-9-11-23(12-10-22)29-15-17-33-18-16-29)14-13-25(31)30(27)19-21-7-4-6-20-5-2-3-8-24(20)21/h2-12H,13-19H2,1H3,(H,28,32).